The maximum atomic E-state index is 5.30. The summed E-state index contributed by atoms with van der Waals surface area (Å²) in [5, 5.41) is 14.7. The second kappa shape index (κ2) is 5.44. The number of hydrogen-bond acceptors (Lipinski definition) is 7. The highest BCUT2D eigenvalue weighted by molar-refractivity contribution is 5.88. The van der Waals surface area contributed by atoms with Gasteiger partial charge in [-0.25, -0.2) is 15.0 Å². The molecule has 0 fully saturated rings. The fourth-order valence-corrected chi connectivity index (χ4v) is 2.55. The summed E-state index contributed by atoms with van der Waals surface area (Å²) in [6.07, 6.45) is 6.47. The first-order valence-electron chi connectivity index (χ1n) is 7.55. The number of fused-ring (bicyclic) bond motifs is 1. The van der Waals surface area contributed by atoms with Crippen LogP contribution in [0.3, 0.4) is 0 Å². The summed E-state index contributed by atoms with van der Waals surface area (Å²) < 4.78 is 7.25. The third-order valence-electron chi connectivity index (χ3n) is 3.71. The summed E-state index contributed by atoms with van der Waals surface area (Å²) in [4.78, 5) is 13.0. The van der Waals surface area contributed by atoms with Gasteiger partial charge in [-0.15, -0.1) is 0 Å². The monoisotopic (exact) mass is 324 g/mol. The predicted octanol–water partition coefficient (Wildman–Crippen LogP) is 2.84. The molecule has 9 heteroatoms. The van der Waals surface area contributed by atoms with E-state index in [-0.39, 0.29) is 6.04 Å². The SMILES string of the molecule is Cc1c(Nc2nc(-c3ncco3)nc3cn[nH]c23)cnn1C(C)C. The van der Waals surface area contributed by atoms with Crippen LogP contribution in [-0.4, -0.2) is 34.9 Å². The van der Waals surface area contributed by atoms with E-state index in [9.17, 15) is 0 Å². The molecular formula is C15H16N8O. The zero-order valence-corrected chi connectivity index (χ0v) is 13.5. The van der Waals surface area contributed by atoms with Gasteiger partial charge in [0.1, 0.15) is 17.3 Å². The normalized spacial score (nSPS) is 11.5. The van der Waals surface area contributed by atoms with E-state index < -0.39 is 0 Å². The molecule has 0 spiro atoms. The number of hydrogen-bond donors (Lipinski definition) is 2. The number of nitrogens with one attached hydrogen (secondary N) is 2. The number of oxazole rings is 1. The van der Waals surface area contributed by atoms with Crippen LogP contribution in [0.4, 0.5) is 11.5 Å². The summed E-state index contributed by atoms with van der Waals surface area (Å²) in [5.41, 5.74) is 3.28. The molecule has 0 aliphatic rings. The van der Waals surface area contributed by atoms with Gasteiger partial charge >= 0.3 is 0 Å². The second-order valence-electron chi connectivity index (χ2n) is 5.67. The van der Waals surface area contributed by atoms with Crippen LogP contribution in [0.5, 0.6) is 0 Å². The lowest BCUT2D eigenvalue weighted by molar-refractivity contribution is 0.519. The molecule has 24 heavy (non-hydrogen) atoms. The lowest BCUT2D eigenvalue weighted by Gasteiger charge is -2.10. The standard InChI is InChI=1S/C15H16N8O/c1-8(2)23-9(3)10(7-18-23)19-13-12-11(6-17-22-12)20-14(21-13)15-16-4-5-24-15/h4-8H,1-3H3,(H,17,22)(H,19,20,21). The molecule has 0 aliphatic heterocycles. The third kappa shape index (κ3) is 2.30. The fraction of sp³-hybridized carbons (Fsp3) is 0.267. The number of nitrogens with zero attached hydrogens (tertiary/aromatic N) is 6. The van der Waals surface area contributed by atoms with E-state index in [2.05, 4.69) is 49.4 Å². The Bertz CT molecular complexity index is 982. The van der Waals surface area contributed by atoms with Crippen molar-refractivity contribution in [3.05, 3.63) is 30.5 Å². The number of anilines is 2. The zero-order chi connectivity index (χ0) is 16.7. The van der Waals surface area contributed by atoms with Crippen LogP contribution in [0.2, 0.25) is 0 Å². The van der Waals surface area contributed by atoms with Crippen molar-refractivity contribution in [1.82, 2.24) is 34.9 Å². The molecular weight excluding hydrogens is 308 g/mol. The molecule has 9 nitrogen and oxygen atoms in total. The van der Waals surface area contributed by atoms with Crippen LogP contribution in [0.1, 0.15) is 25.6 Å². The topological polar surface area (TPSA) is 110 Å². The van der Waals surface area contributed by atoms with Crippen molar-refractivity contribution in [2.24, 2.45) is 0 Å². The molecule has 0 aliphatic carbocycles. The Morgan fingerprint density at radius 3 is 2.83 bits per heavy atom. The van der Waals surface area contributed by atoms with Gasteiger partial charge < -0.3 is 9.73 Å². The average Bonchev–Trinajstić information content (AvgIpc) is 3.28. The van der Waals surface area contributed by atoms with Gasteiger partial charge in [0, 0.05) is 6.04 Å². The van der Waals surface area contributed by atoms with Gasteiger partial charge in [0.25, 0.3) is 5.89 Å². The van der Waals surface area contributed by atoms with E-state index in [0.29, 0.717) is 28.6 Å². The quantitative estimate of drug-likeness (QED) is 0.594. The predicted molar refractivity (Wildman–Crippen MR) is 87.8 cm³/mol. The number of H-pyrrole nitrogens is 1. The Morgan fingerprint density at radius 1 is 1.25 bits per heavy atom. The van der Waals surface area contributed by atoms with Gasteiger partial charge in [-0.05, 0) is 20.8 Å². The van der Waals surface area contributed by atoms with Gasteiger partial charge in [-0.1, -0.05) is 0 Å². The number of aromatic amines is 1. The van der Waals surface area contributed by atoms with Crippen molar-refractivity contribution in [2.45, 2.75) is 26.8 Å². The van der Waals surface area contributed by atoms with E-state index in [4.69, 9.17) is 4.42 Å². The molecule has 4 rings (SSSR count). The van der Waals surface area contributed by atoms with E-state index in [1.165, 1.54) is 6.26 Å². The molecule has 2 N–H and O–H groups in total. The highest BCUT2D eigenvalue weighted by atomic mass is 16.3. The smallest absolute Gasteiger partial charge is 0.264 e. The van der Waals surface area contributed by atoms with Crippen LogP contribution >= 0.6 is 0 Å². The lowest BCUT2D eigenvalue weighted by atomic mass is 10.3. The molecule has 0 atom stereocenters. The Kier molecular flexibility index (Phi) is 3.26. The van der Waals surface area contributed by atoms with Crippen LogP contribution in [-0.2, 0) is 0 Å². The summed E-state index contributed by atoms with van der Waals surface area (Å²) in [7, 11) is 0. The molecule has 0 saturated heterocycles. The molecule has 4 heterocycles. The lowest BCUT2D eigenvalue weighted by Crippen LogP contribution is -2.05. The largest absolute Gasteiger partial charge is 0.442 e. The minimum absolute atomic E-state index is 0.279. The summed E-state index contributed by atoms with van der Waals surface area (Å²) in [6.45, 7) is 6.18. The van der Waals surface area contributed by atoms with Crippen LogP contribution in [0.15, 0.2) is 29.3 Å². The van der Waals surface area contributed by atoms with Gasteiger partial charge in [0.05, 0.1) is 30.0 Å². The Balaban J connectivity index is 1.80. The molecule has 0 saturated carbocycles. The van der Waals surface area contributed by atoms with Gasteiger partial charge in [0.2, 0.25) is 5.82 Å². The minimum atomic E-state index is 0.279. The van der Waals surface area contributed by atoms with Crippen molar-refractivity contribution >= 4 is 22.5 Å². The molecule has 4 aromatic heterocycles. The maximum Gasteiger partial charge on any atom is 0.264 e. The van der Waals surface area contributed by atoms with Crippen molar-refractivity contribution in [3.63, 3.8) is 0 Å². The Morgan fingerprint density at radius 2 is 2.12 bits per heavy atom. The number of rotatable bonds is 4. The van der Waals surface area contributed by atoms with Gasteiger partial charge in [-0.3, -0.25) is 9.78 Å². The first-order valence-corrected chi connectivity index (χ1v) is 7.55. The van der Waals surface area contributed by atoms with Crippen LogP contribution in [0, 0.1) is 6.92 Å². The first kappa shape index (κ1) is 14.4. The Hall–Kier alpha value is -3.23. The minimum Gasteiger partial charge on any atom is -0.442 e. The zero-order valence-electron chi connectivity index (χ0n) is 13.5. The highest BCUT2D eigenvalue weighted by Crippen LogP contribution is 2.27. The highest BCUT2D eigenvalue weighted by Gasteiger charge is 2.16. The van der Waals surface area contributed by atoms with E-state index in [1.807, 2.05) is 11.6 Å². The summed E-state index contributed by atoms with van der Waals surface area (Å²) >= 11 is 0. The third-order valence-corrected chi connectivity index (χ3v) is 3.71. The van der Waals surface area contributed by atoms with Crippen molar-refractivity contribution < 1.29 is 4.42 Å². The molecule has 4 aromatic rings. The molecule has 0 amide bonds. The Labute approximate surface area is 137 Å². The molecule has 0 bridgehead atoms. The molecule has 122 valence electrons. The van der Waals surface area contributed by atoms with Crippen LogP contribution in [0.25, 0.3) is 22.7 Å². The van der Waals surface area contributed by atoms with E-state index in [0.717, 1.165) is 11.4 Å². The average molecular weight is 324 g/mol. The van der Waals surface area contributed by atoms with E-state index >= 15 is 0 Å². The summed E-state index contributed by atoms with van der Waals surface area (Å²) in [5.74, 6) is 1.35. The molecule has 0 aromatic carbocycles. The van der Waals surface area contributed by atoms with Crippen LogP contribution < -0.4 is 5.32 Å². The summed E-state index contributed by atoms with van der Waals surface area (Å²) in [6, 6.07) is 0.279. The van der Waals surface area contributed by atoms with E-state index in [1.54, 1.807) is 18.6 Å². The second-order valence-corrected chi connectivity index (χ2v) is 5.67. The fourth-order valence-electron chi connectivity index (χ4n) is 2.55. The first-order chi connectivity index (χ1) is 11.6. The van der Waals surface area contributed by atoms with Gasteiger partial charge in [0.15, 0.2) is 5.82 Å². The maximum absolute atomic E-state index is 5.30. The van der Waals surface area contributed by atoms with Crippen molar-refractivity contribution in [1.29, 1.82) is 0 Å². The van der Waals surface area contributed by atoms with Crippen molar-refractivity contribution in [3.8, 4) is 11.7 Å². The van der Waals surface area contributed by atoms with Gasteiger partial charge in [-0.2, -0.15) is 10.2 Å². The number of aromatic nitrogens is 7. The molecule has 0 unspecified atom stereocenters. The van der Waals surface area contributed by atoms with Crippen molar-refractivity contribution in [2.75, 3.05) is 5.32 Å². The molecule has 0 radical (unpaired) electrons.